The summed E-state index contributed by atoms with van der Waals surface area (Å²) in [7, 11) is 0. The number of aryl methyl sites for hydroxylation is 2. The van der Waals surface area contributed by atoms with Crippen molar-refractivity contribution in [2.24, 2.45) is 0 Å². The number of aromatic nitrogens is 5. The van der Waals surface area contributed by atoms with Crippen LogP contribution in [-0.4, -0.2) is 24.6 Å². The molecule has 21 heavy (non-hydrogen) atoms. The van der Waals surface area contributed by atoms with E-state index in [-0.39, 0.29) is 0 Å². The maximum Gasteiger partial charge on any atom is 0.157 e. The van der Waals surface area contributed by atoms with E-state index in [0.717, 1.165) is 34.5 Å². The van der Waals surface area contributed by atoms with Gasteiger partial charge in [-0.25, -0.2) is 19.5 Å². The first kappa shape index (κ1) is 13.5. The Bertz CT molecular complexity index is 770. The highest BCUT2D eigenvalue weighted by Gasteiger charge is 2.10. The highest BCUT2D eigenvalue weighted by Crippen LogP contribution is 2.21. The molecule has 0 aliphatic heterocycles. The summed E-state index contributed by atoms with van der Waals surface area (Å²) in [4.78, 5) is 13.2. The molecule has 0 fully saturated rings. The predicted octanol–water partition coefficient (Wildman–Crippen LogP) is 3.00. The molecule has 108 valence electrons. The molecule has 0 saturated heterocycles. The fraction of sp³-hybridized carbons (Fsp3) is 0.333. The summed E-state index contributed by atoms with van der Waals surface area (Å²) in [6.45, 7) is 8.11. The van der Waals surface area contributed by atoms with E-state index < -0.39 is 0 Å². The molecule has 3 aromatic rings. The molecule has 0 aliphatic rings. The Hall–Kier alpha value is -2.50. The van der Waals surface area contributed by atoms with Crippen molar-refractivity contribution in [2.75, 3.05) is 5.32 Å². The van der Waals surface area contributed by atoms with E-state index in [2.05, 4.69) is 39.2 Å². The van der Waals surface area contributed by atoms with Crippen molar-refractivity contribution < 1.29 is 0 Å². The first-order chi connectivity index (χ1) is 10.0. The number of anilines is 2. The number of hydrogen-bond donors (Lipinski definition) is 1. The van der Waals surface area contributed by atoms with Gasteiger partial charge < -0.3 is 5.32 Å². The van der Waals surface area contributed by atoms with Gasteiger partial charge in [-0.1, -0.05) is 13.8 Å². The zero-order valence-electron chi connectivity index (χ0n) is 12.6. The van der Waals surface area contributed by atoms with Crippen molar-refractivity contribution in [1.29, 1.82) is 0 Å². The summed E-state index contributed by atoms with van der Waals surface area (Å²) >= 11 is 0. The van der Waals surface area contributed by atoms with Gasteiger partial charge in [-0.05, 0) is 19.8 Å². The minimum Gasteiger partial charge on any atom is -0.325 e. The van der Waals surface area contributed by atoms with Gasteiger partial charge >= 0.3 is 0 Å². The maximum absolute atomic E-state index is 4.56. The van der Waals surface area contributed by atoms with Crippen LogP contribution >= 0.6 is 0 Å². The first-order valence-corrected chi connectivity index (χ1v) is 6.97. The van der Waals surface area contributed by atoms with Gasteiger partial charge in [0.15, 0.2) is 5.65 Å². The van der Waals surface area contributed by atoms with Gasteiger partial charge in [-0.2, -0.15) is 5.10 Å². The number of fused-ring (bicyclic) bond motifs is 1. The van der Waals surface area contributed by atoms with Gasteiger partial charge in [0.25, 0.3) is 0 Å². The van der Waals surface area contributed by atoms with E-state index in [0.29, 0.717) is 5.92 Å². The molecule has 0 spiro atoms. The van der Waals surface area contributed by atoms with Crippen LogP contribution in [0.5, 0.6) is 0 Å². The summed E-state index contributed by atoms with van der Waals surface area (Å²) in [5.41, 5.74) is 2.86. The maximum atomic E-state index is 4.56. The molecule has 0 atom stereocenters. The Balaban J connectivity index is 2.04. The summed E-state index contributed by atoms with van der Waals surface area (Å²) in [5.74, 6) is 2.62. The number of rotatable bonds is 3. The Morgan fingerprint density at radius 2 is 1.81 bits per heavy atom. The smallest absolute Gasteiger partial charge is 0.157 e. The second-order valence-electron chi connectivity index (χ2n) is 5.39. The van der Waals surface area contributed by atoms with Crippen molar-refractivity contribution in [2.45, 2.75) is 33.6 Å². The molecular weight excluding hydrogens is 264 g/mol. The third-order valence-corrected chi connectivity index (χ3v) is 3.20. The lowest BCUT2D eigenvalue weighted by Crippen LogP contribution is -2.06. The van der Waals surface area contributed by atoms with Gasteiger partial charge in [0.05, 0.1) is 11.9 Å². The molecule has 0 amide bonds. The van der Waals surface area contributed by atoms with E-state index in [9.17, 15) is 0 Å². The molecule has 0 aliphatic carbocycles. The summed E-state index contributed by atoms with van der Waals surface area (Å²) in [6.07, 6.45) is 1.76. The lowest BCUT2D eigenvalue weighted by molar-refractivity contribution is 0.750. The number of nitrogens with zero attached hydrogens (tertiary/aromatic N) is 5. The van der Waals surface area contributed by atoms with Gasteiger partial charge in [0.1, 0.15) is 17.5 Å². The van der Waals surface area contributed by atoms with E-state index >= 15 is 0 Å². The largest absolute Gasteiger partial charge is 0.325 e. The van der Waals surface area contributed by atoms with E-state index in [1.807, 2.05) is 36.6 Å². The summed E-state index contributed by atoms with van der Waals surface area (Å²) in [6, 6.07) is 5.81. The second kappa shape index (κ2) is 5.12. The highest BCUT2D eigenvalue weighted by molar-refractivity contribution is 5.56. The monoisotopic (exact) mass is 282 g/mol. The average molecular weight is 282 g/mol. The fourth-order valence-corrected chi connectivity index (χ4v) is 2.32. The van der Waals surface area contributed by atoms with Crippen molar-refractivity contribution >= 4 is 17.3 Å². The molecule has 0 saturated carbocycles. The van der Waals surface area contributed by atoms with Gasteiger partial charge in [-0.3, -0.25) is 0 Å². The molecule has 0 radical (unpaired) electrons. The Kier molecular flexibility index (Phi) is 3.29. The van der Waals surface area contributed by atoms with Crippen LogP contribution in [0.25, 0.3) is 5.65 Å². The first-order valence-electron chi connectivity index (χ1n) is 6.97. The van der Waals surface area contributed by atoms with Crippen LogP contribution in [0.15, 0.2) is 24.4 Å². The van der Waals surface area contributed by atoms with Gasteiger partial charge in [0, 0.05) is 23.9 Å². The lowest BCUT2D eigenvalue weighted by Gasteiger charge is -2.12. The Morgan fingerprint density at radius 1 is 1.05 bits per heavy atom. The van der Waals surface area contributed by atoms with Crippen LogP contribution in [0.1, 0.15) is 37.0 Å². The SMILES string of the molecule is Cc1cc(Nc2cc(C(C)C)n3nccc3n2)nc(C)n1. The van der Waals surface area contributed by atoms with E-state index in [1.54, 1.807) is 6.20 Å². The van der Waals surface area contributed by atoms with Crippen molar-refractivity contribution in [3.8, 4) is 0 Å². The fourth-order valence-electron chi connectivity index (χ4n) is 2.32. The van der Waals surface area contributed by atoms with Crippen LogP contribution in [0.4, 0.5) is 11.6 Å². The summed E-state index contributed by atoms with van der Waals surface area (Å²) in [5, 5.41) is 7.58. The Labute approximate surface area is 123 Å². The average Bonchev–Trinajstić information content (AvgIpc) is 2.84. The molecule has 0 bridgehead atoms. The molecule has 1 N–H and O–H groups in total. The standard InChI is InChI=1S/C15H18N6/c1-9(2)12-8-14(20-15-5-6-16-21(12)15)19-13-7-10(3)17-11(4)18-13/h5-9H,1-4H3,(H,17,18,19,20). The third-order valence-electron chi connectivity index (χ3n) is 3.20. The van der Waals surface area contributed by atoms with Crippen LogP contribution in [0.3, 0.4) is 0 Å². The molecule has 3 rings (SSSR count). The lowest BCUT2D eigenvalue weighted by atomic mass is 10.1. The van der Waals surface area contributed by atoms with E-state index in [1.165, 1.54) is 0 Å². The minimum atomic E-state index is 0.352. The predicted molar refractivity (Wildman–Crippen MR) is 81.9 cm³/mol. The van der Waals surface area contributed by atoms with Crippen LogP contribution in [0.2, 0.25) is 0 Å². The topological polar surface area (TPSA) is 68.0 Å². The molecule has 3 aromatic heterocycles. The van der Waals surface area contributed by atoms with Gasteiger partial charge in [0.2, 0.25) is 0 Å². The van der Waals surface area contributed by atoms with Crippen LogP contribution in [0, 0.1) is 13.8 Å². The van der Waals surface area contributed by atoms with E-state index in [4.69, 9.17) is 0 Å². The quantitative estimate of drug-likeness (QED) is 0.799. The van der Waals surface area contributed by atoms with Crippen LogP contribution in [-0.2, 0) is 0 Å². The molecule has 6 heteroatoms. The van der Waals surface area contributed by atoms with Crippen molar-refractivity contribution in [1.82, 2.24) is 24.6 Å². The Morgan fingerprint density at radius 3 is 2.52 bits per heavy atom. The summed E-state index contributed by atoms with van der Waals surface area (Å²) < 4.78 is 1.87. The zero-order valence-corrected chi connectivity index (χ0v) is 12.6. The molecule has 6 nitrogen and oxygen atoms in total. The van der Waals surface area contributed by atoms with Crippen molar-refractivity contribution in [3.05, 3.63) is 41.6 Å². The third kappa shape index (κ3) is 2.69. The molecule has 3 heterocycles. The minimum absolute atomic E-state index is 0.352. The number of hydrogen-bond acceptors (Lipinski definition) is 5. The van der Waals surface area contributed by atoms with Crippen molar-refractivity contribution in [3.63, 3.8) is 0 Å². The molecule has 0 unspecified atom stereocenters. The zero-order chi connectivity index (χ0) is 15.0. The second-order valence-corrected chi connectivity index (χ2v) is 5.39. The molecular formula is C15H18N6. The highest BCUT2D eigenvalue weighted by atomic mass is 15.3. The number of nitrogens with one attached hydrogen (secondary N) is 1. The normalized spacial score (nSPS) is 11.3. The van der Waals surface area contributed by atoms with Crippen LogP contribution < -0.4 is 5.32 Å². The van der Waals surface area contributed by atoms with Gasteiger partial charge in [-0.15, -0.1) is 0 Å². The molecule has 0 aromatic carbocycles.